The summed E-state index contributed by atoms with van der Waals surface area (Å²) in [6.45, 7) is 0. The first-order valence-corrected chi connectivity index (χ1v) is 7.07. The van der Waals surface area contributed by atoms with E-state index in [1.165, 1.54) is 12.1 Å². The van der Waals surface area contributed by atoms with Crippen molar-refractivity contribution in [1.29, 1.82) is 0 Å². The molecular weight excluding hydrogens is 275 g/mol. The van der Waals surface area contributed by atoms with Gasteiger partial charge in [-0.1, -0.05) is 60.7 Å². The molecule has 0 saturated heterocycles. The van der Waals surface area contributed by atoms with Gasteiger partial charge < -0.3 is 4.74 Å². The first kappa shape index (κ1) is 14.1. The quantitative estimate of drug-likeness (QED) is 0.461. The minimum absolute atomic E-state index is 0.277. The van der Waals surface area contributed by atoms with E-state index in [0.717, 1.165) is 16.9 Å². The molecule has 0 heterocycles. The Labute approximate surface area is 129 Å². The van der Waals surface area contributed by atoms with Gasteiger partial charge in [-0.25, -0.2) is 4.39 Å². The Morgan fingerprint density at radius 3 is 1.95 bits per heavy atom. The van der Waals surface area contributed by atoms with Gasteiger partial charge in [0.15, 0.2) is 0 Å². The first-order valence-electron chi connectivity index (χ1n) is 7.07. The Morgan fingerprint density at radius 2 is 1.32 bits per heavy atom. The second-order valence-electron chi connectivity index (χ2n) is 4.84. The molecule has 108 valence electrons. The molecule has 0 fully saturated rings. The summed E-state index contributed by atoms with van der Waals surface area (Å²) in [5, 5.41) is 0. The molecule has 22 heavy (non-hydrogen) atoms. The number of rotatable bonds is 4. The van der Waals surface area contributed by atoms with Crippen molar-refractivity contribution in [3.63, 3.8) is 0 Å². The molecule has 0 bridgehead atoms. The fourth-order valence-electron chi connectivity index (χ4n) is 2.10. The largest absolute Gasteiger partial charge is 0.457 e. The van der Waals surface area contributed by atoms with Crippen LogP contribution in [0.2, 0.25) is 0 Å². The van der Waals surface area contributed by atoms with E-state index in [1.54, 1.807) is 12.1 Å². The molecule has 3 aromatic rings. The lowest BCUT2D eigenvalue weighted by atomic mass is 10.1. The molecule has 3 rings (SSSR count). The van der Waals surface area contributed by atoms with Gasteiger partial charge >= 0.3 is 0 Å². The minimum atomic E-state index is -0.277. The average Bonchev–Trinajstić information content (AvgIpc) is 2.58. The molecular formula is C20H15FO. The topological polar surface area (TPSA) is 9.23 Å². The third-order valence-corrected chi connectivity index (χ3v) is 3.20. The van der Waals surface area contributed by atoms with E-state index in [4.69, 9.17) is 4.74 Å². The van der Waals surface area contributed by atoms with Crippen LogP contribution in [-0.4, -0.2) is 0 Å². The molecule has 0 aromatic heterocycles. The molecule has 0 saturated carbocycles. The third kappa shape index (κ3) is 3.61. The average molecular weight is 290 g/mol. The molecule has 0 spiro atoms. The summed E-state index contributed by atoms with van der Waals surface area (Å²) in [7, 11) is 0. The number of ether oxygens (including phenoxy) is 1. The van der Waals surface area contributed by atoms with Crippen molar-refractivity contribution in [3.05, 3.63) is 102 Å². The molecule has 0 atom stereocenters. The van der Waals surface area contributed by atoms with Gasteiger partial charge in [0, 0.05) is 5.56 Å². The molecule has 2 heteroatoms. The fourth-order valence-corrected chi connectivity index (χ4v) is 2.10. The van der Waals surface area contributed by atoms with Gasteiger partial charge in [0.2, 0.25) is 0 Å². The van der Waals surface area contributed by atoms with E-state index in [0.29, 0.717) is 5.75 Å². The van der Waals surface area contributed by atoms with Gasteiger partial charge in [0.05, 0.1) is 0 Å². The lowest BCUT2D eigenvalue weighted by molar-refractivity contribution is 0.515. The van der Waals surface area contributed by atoms with Gasteiger partial charge in [0.1, 0.15) is 17.3 Å². The van der Waals surface area contributed by atoms with Crippen molar-refractivity contribution in [1.82, 2.24) is 0 Å². The smallest absolute Gasteiger partial charge is 0.135 e. The molecule has 0 N–H and O–H groups in total. The fraction of sp³-hybridized carbons (Fsp3) is 0. The van der Waals surface area contributed by atoms with E-state index in [9.17, 15) is 4.39 Å². The summed E-state index contributed by atoms with van der Waals surface area (Å²) in [4.78, 5) is 0. The molecule has 0 unspecified atom stereocenters. The molecule has 0 radical (unpaired) electrons. The molecule has 0 amide bonds. The van der Waals surface area contributed by atoms with Crippen LogP contribution in [-0.2, 0) is 0 Å². The highest BCUT2D eigenvalue weighted by Crippen LogP contribution is 2.23. The van der Waals surface area contributed by atoms with Crippen LogP contribution < -0.4 is 4.74 Å². The number of hydrogen-bond acceptors (Lipinski definition) is 1. The highest BCUT2D eigenvalue weighted by atomic mass is 19.1. The zero-order valence-electron chi connectivity index (χ0n) is 11.9. The second kappa shape index (κ2) is 6.72. The van der Waals surface area contributed by atoms with Crippen LogP contribution in [0.1, 0.15) is 11.1 Å². The number of halogens is 1. The van der Waals surface area contributed by atoms with E-state index in [1.807, 2.05) is 66.7 Å². The first-order chi connectivity index (χ1) is 10.8. The highest BCUT2D eigenvalue weighted by molar-refractivity contribution is 5.78. The Bertz CT molecular complexity index is 747. The Balaban J connectivity index is 1.96. The summed E-state index contributed by atoms with van der Waals surface area (Å²) in [6, 6.07) is 25.8. The lowest BCUT2D eigenvalue weighted by Crippen LogP contribution is -1.95. The van der Waals surface area contributed by atoms with Crippen molar-refractivity contribution in [2.45, 2.75) is 0 Å². The summed E-state index contributed by atoms with van der Waals surface area (Å²) < 4.78 is 19.0. The SMILES string of the molecule is Fc1ccc(O/C(=C\c2ccccc2)c2ccccc2)cc1. The van der Waals surface area contributed by atoms with Crippen LogP contribution in [0.4, 0.5) is 4.39 Å². The summed E-state index contributed by atoms with van der Waals surface area (Å²) >= 11 is 0. The van der Waals surface area contributed by atoms with Crippen LogP contribution in [0.5, 0.6) is 5.75 Å². The van der Waals surface area contributed by atoms with Gasteiger partial charge in [0.25, 0.3) is 0 Å². The summed E-state index contributed by atoms with van der Waals surface area (Å²) in [5.74, 6) is 1.05. The molecule has 3 aromatic carbocycles. The highest BCUT2D eigenvalue weighted by Gasteiger charge is 2.05. The standard InChI is InChI=1S/C20H15FO/c21-18-11-13-19(14-12-18)22-20(17-9-5-2-6-10-17)15-16-7-3-1-4-8-16/h1-15H/b20-15-. The van der Waals surface area contributed by atoms with Crippen molar-refractivity contribution < 1.29 is 9.13 Å². The van der Waals surface area contributed by atoms with Crippen LogP contribution in [0.3, 0.4) is 0 Å². The Morgan fingerprint density at radius 1 is 0.727 bits per heavy atom. The Hall–Kier alpha value is -2.87. The van der Waals surface area contributed by atoms with Gasteiger partial charge in [-0.05, 0) is 35.9 Å². The lowest BCUT2D eigenvalue weighted by Gasteiger charge is -2.11. The molecule has 0 aliphatic rings. The van der Waals surface area contributed by atoms with E-state index in [-0.39, 0.29) is 5.82 Å². The van der Waals surface area contributed by atoms with Crippen LogP contribution in [0.25, 0.3) is 11.8 Å². The molecule has 0 aliphatic heterocycles. The summed E-state index contributed by atoms with van der Waals surface area (Å²) in [6.07, 6.45) is 1.97. The Kier molecular flexibility index (Phi) is 4.30. The monoisotopic (exact) mass is 290 g/mol. The predicted molar refractivity (Wildman–Crippen MR) is 87.8 cm³/mol. The predicted octanol–water partition coefficient (Wildman–Crippen LogP) is 5.40. The van der Waals surface area contributed by atoms with Crippen LogP contribution >= 0.6 is 0 Å². The van der Waals surface area contributed by atoms with Crippen molar-refractivity contribution in [3.8, 4) is 5.75 Å². The maximum Gasteiger partial charge on any atom is 0.135 e. The van der Waals surface area contributed by atoms with E-state index < -0.39 is 0 Å². The van der Waals surface area contributed by atoms with E-state index >= 15 is 0 Å². The van der Waals surface area contributed by atoms with E-state index in [2.05, 4.69) is 0 Å². The normalized spacial score (nSPS) is 11.2. The zero-order valence-corrected chi connectivity index (χ0v) is 11.9. The molecule has 0 aliphatic carbocycles. The maximum atomic E-state index is 13.0. The second-order valence-corrected chi connectivity index (χ2v) is 4.84. The van der Waals surface area contributed by atoms with Crippen molar-refractivity contribution in [2.75, 3.05) is 0 Å². The third-order valence-electron chi connectivity index (χ3n) is 3.20. The van der Waals surface area contributed by atoms with Crippen molar-refractivity contribution in [2.24, 2.45) is 0 Å². The van der Waals surface area contributed by atoms with Crippen LogP contribution in [0, 0.1) is 5.82 Å². The minimum Gasteiger partial charge on any atom is -0.457 e. The summed E-state index contributed by atoms with van der Waals surface area (Å²) in [5.41, 5.74) is 2.01. The van der Waals surface area contributed by atoms with Gasteiger partial charge in [-0.2, -0.15) is 0 Å². The van der Waals surface area contributed by atoms with Crippen LogP contribution in [0.15, 0.2) is 84.9 Å². The number of benzene rings is 3. The molecule has 1 nitrogen and oxygen atoms in total. The van der Waals surface area contributed by atoms with Gasteiger partial charge in [-0.3, -0.25) is 0 Å². The number of hydrogen-bond donors (Lipinski definition) is 0. The van der Waals surface area contributed by atoms with Crippen molar-refractivity contribution >= 4 is 11.8 Å². The maximum absolute atomic E-state index is 13.0. The zero-order chi connectivity index (χ0) is 15.2. The van der Waals surface area contributed by atoms with Gasteiger partial charge in [-0.15, -0.1) is 0 Å².